The molecule has 0 radical (unpaired) electrons. The molecule has 4 nitrogen and oxygen atoms in total. The molecule has 4 heteroatoms. The molecule has 0 bridgehead atoms. The van der Waals surface area contributed by atoms with E-state index in [1.165, 1.54) is 0 Å². The van der Waals surface area contributed by atoms with Crippen LogP contribution in [0.3, 0.4) is 0 Å². The molecule has 1 aromatic rings. The van der Waals surface area contributed by atoms with Gasteiger partial charge < -0.3 is 15.4 Å². The van der Waals surface area contributed by atoms with Crippen molar-refractivity contribution in [2.24, 2.45) is 5.92 Å². The number of carbonyl (C=O) groups excluding carboxylic acids is 1. The van der Waals surface area contributed by atoms with E-state index < -0.39 is 6.10 Å². The lowest BCUT2D eigenvalue weighted by molar-refractivity contribution is -0.127. The lowest BCUT2D eigenvalue weighted by Crippen LogP contribution is -2.47. The second-order valence-corrected chi connectivity index (χ2v) is 5.27. The highest BCUT2D eigenvalue weighted by atomic mass is 16.5. The van der Waals surface area contributed by atoms with E-state index in [0.717, 1.165) is 22.6 Å². The summed E-state index contributed by atoms with van der Waals surface area (Å²) in [5, 5.41) is 0. The molecule has 1 amide bonds. The molecule has 1 aromatic carbocycles. The van der Waals surface area contributed by atoms with Gasteiger partial charge in [-0.05, 0) is 37.0 Å². The first kappa shape index (κ1) is 12.7. The van der Waals surface area contributed by atoms with E-state index in [4.69, 9.17) is 10.5 Å². The summed E-state index contributed by atoms with van der Waals surface area (Å²) < 4.78 is 5.90. The molecular weight excluding hydrogens is 228 g/mol. The number of benzene rings is 1. The number of hydrogen-bond acceptors (Lipinski definition) is 3. The molecule has 1 unspecified atom stereocenters. The number of fused-ring (bicyclic) bond motifs is 1. The van der Waals surface area contributed by atoms with Gasteiger partial charge in [0.1, 0.15) is 5.75 Å². The number of nitrogen functional groups attached to an aromatic ring is 1. The van der Waals surface area contributed by atoms with Crippen molar-refractivity contribution in [3.8, 4) is 5.75 Å². The molecule has 0 spiro atoms. The van der Waals surface area contributed by atoms with Gasteiger partial charge in [-0.2, -0.15) is 0 Å². The molecule has 18 heavy (non-hydrogen) atoms. The molecule has 0 saturated heterocycles. The van der Waals surface area contributed by atoms with Crippen molar-refractivity contribution in [3.63, 3.8) is 0 Å². The average Bonchev–Trinajstić information content (AvgIpc) is 2.29. The lowest BCUT2D eigenvalue weighted by atomic mass is 9.99. The van der Waals surface area contributed by atoms with Gasteiger partial charge in [0.25, 0.3) is 5.91 Å². The summed E-state index contributed by atoms with van der Waals surface area (Å²) in [6.45, 7) is 7.84. The number of ether oxygens (including phenoxy) is 1. The summed E-state index contributed by atoms with van der Waals surface area (Å²) in [4.78, 5) is 13.9. The van der Waals surface area contributed by atoms with Gasteiger partial charge in [0.2, 0.25) is 0 Å². The Morgan fingerprint density at radius 3 is 2.56 bits per heavy atom. The van der Waals surface area contributed by atoms with Gasteiger partial charge in [0, 0.05) is 12.7 Å². The zero-order valence-electron chi connectivity index (χ0n) is 11.6. The quantitative estimate of drug-likeness (QED) is 0.776. The van der Waals surface area contributed by atoms with Crippen LogP contribution in [0.25, 0.3) is 0 Å². The molecule has 1 atom stereocenters. The monoisotopic (exact) mass is 248 g/mol. The SMILES string of the molecule is Cc1cc(N)c(C)c2c1OC(C(C)C)C(=O)N2C. The summed E-state index contributed by atoms with van der Waals surface area (Å²) in [6, 6.07) is 1.90. The molecule has 0 saturated carbocycles. The van der Waals surface area contributed by atoms with Crippen LogP contribution in [0.15, 0.2) is 6.07 Å². The Morgan fingerprint density at radius 1 is 1.39 bits per heavy atom. The second-order valence-electron chi connectivity index (χ2n) is 5.27. The smallest absolute Gasteiger partial charge is 0.268 e. The van der Waals surface area contributed by atoms with Crippen molar-refractivity contribution >= 4 is 17.3 Å². The van der Waals surface area contributed by atoms with Crippen LogP contribution in [0.5, 0.6) is 5.75 Å². The summed E-state index contributed by atoms with van der Waals surface area (Å²) in [5.41, 5.74) is 9.31. The molecular formula is C14H20N2O2. The van der Waals surface area contributed by atoms with E-state index in [1.54, 1.807) is 11.9 Å². The fraction of sp³-hybridized carbons (Fsp3) is 0.500. The van der Waals surface area contributed by atoms with Crippen LogP contribution in [0.4, 0.5) is 11.4 Å². The largest absolute Gasteiger partial charge is 0.478 e. The number of nitrogens with two attached hydrogens (primary N) is 1. The van der Waals surface area contributed by atoms with E-state index in [0.29, 0.717) is 5.69 Å². The van der Waals surface area contributed by atoms with Crippen molar-refractivity contribution < 1.29 is 9.53 Å². The summed E-state index contributed by atoms with van der Waals surface area (Å²) in [5.74, 6) is 0.915. The molecule has 2 rings (SSSR count). The third-order valence-electron chi connectivity index (χ3n) is 3.49. The Bertz CT molecular complexity index is 509. The molecule has 1 aliphatic heterocycles. The Hall–Kier alpha value is -1.71. The number of carbonyl (C=O) groups is 1. The Kier molecular flexibility index (Phi) is 2.97. The molecule has 0 fully saturated rings. The minimum Gasteiger partial charge on any atom is -0.478 e. The van der Waals surface area contributed by atoms with Gasteiger partial charge in [0.15, 0.2) is 6.10 Å². The maximum Gasteiger partial charge on any atom is 0.268 e. The van der Waals surface area contributed by atoms with E-state index in [-0.39, 0.29) is 11.8 Å². The highest BCUT2D eigenvalue weighted by Crippen LogP contribution is 2.42. The Balaban J connectivity index is 2.62. The predicted octanol–water partition coefficient (Wildman–Crippen LogP) is 2.27. The highest BCUT2D eigenvalue weighted by molar-refractivity contribution is 6.01. The van der Waals surface area contributed by atoms with Gasteiger partial charge in [0.05, 0.1) is 5.69 Å². The van der Waals surface area contributed by atoms with Gasteiger partial charge in [-0.25, -0.2) is 0 Å². The second kappa shape index (κ2) is 4.19. The molecule has 2 N–H and O–H groups in total. The van der Waals surface area contributed by atoms with Crippen LogP contribution in [0, 0.1) is 19.8 Å². The summed E-state index contributed by atoms with van der Waals surface area (Å²) in [6.07, 6.45) is -0.413. The fourth-order valence-corrected chi connectivity index (χ4v) is 2.35. The van der Waals surface area contributed by atoms with E-state index in [1.807, 2.05) is 33.8 Å². The number of nitrogens with zero attached hydrogens (tertiary/aromatic N) is 1. The first-order valence-electron chi connectivity index (χ1n) is 6.18. The molecule has 1 aliphatic rings. The van der Waals surface area contributed by atoms with Crippen molar-refractivity contribution in [3.05, 3.63) is 17.2 Å². The van der Waals surface area contributed by atoms with Gasteiger partial charge >= 0.3 is 0 Å². The summed E-state index contributed by atoms with van der Waals surface area (Å²) >= 11 is 0. The zero-order valence-corrected chi connectivity index (χ0v) is 11.6. The van der Waals surface area contributed by atoms with Gasteiger partial charge in [-0.1, -0.05) is 13.8 Å². The third-order valence-corrected chi connectivity index (χ3v) is 3.49. The van der Waals surface area contributed by atoms with Crippen LogP contribution >= 0.6 is 0 Å². The fourth-order valence-electron chi connectivity index (χ4n) is 2.35. The molecule has 1 heterocycles. The van der Waals surface area contributed by atoms with E-state index in [2.05, 4.69) is 0 Å². The maximum absolute atomic E-state index is 12.3. The van der Waals surface area contributed by atoms with Gasteiger partial charge in [-0.15, -0.1) is 0 Å². The number of aryl methyl sites for hydroxylation is 1. The van der Waals surface area contributed by atoms with E-state index >= 15 is 0 Å². The summed E-state index contributed by atoms with van der Waals surface area (Å²) in [7, 11) is 1.78. The van der Waals surface area contributed by atoms with Gasteiger partial charge in [-0.3, -0.25) is 4.79 Å². The van der Waals surface area contributed by atoms with Crippen LogP contribution in [-0.2, 0) is 4.79 Å². The average molecular weight is 248 g/mol. The van der Waals surface area contributed by atoms with Crippen molar-refractivity contribution in [2.45, 2.75) is 33.8 Å². The highest BCUT2D eigenvalue weighted by Gasteiger charge is 2.36. The number of likely N-dealkylation sites (N-methyl/N-ethyl adjacent to an activating group) is 1. The standard InChI is InChI=1S/C14H20N2O2/c1-7(2)12-14(17)16(5)11-9(4)10(15)6-8(3)13(11)18-12/h6-7,12H,15H2,1-5H3. The maximum atomic E-state index is 12.3. The normalized spacial score (nSPS) is 18.9. The molecule has 0 aromatic heterocycles. The van der Waals surface area contributed by atoms with Crippen LogP contribution in [-0.4, -0.2) is 19.1 Å². The van der Waals surface area contributed by atoms with Crippen LogP contribution in [0.1, 0.15) is 25.0 Å². The minimum atomic E-state index is -0.413. The minimum absolute atomic E-state index is 0.00870. The first-order chi connectivity index (χ1) is 8.34. The van der Waals surface area contributed by atoms with Crippen molar-refractivity contribution in [1.29, 1.82) is 0 Å². The number of anilines is 2. The third kappa shape index (κ3) is 1.72. The lowest BCUT2D eigenvalue weighted by Gasteiger charge is -2.36. The topological polar surface area (TPSA) is 55.6 Å². The number of rotatable bonds is 1. The van der Waals surface area contributed by atoms with E-state index in [9.17, 15) is 4.79 Å². The molecule has 98 valence electrons. The van der Waals surface area contributed by atoms with Crippen LogP contribution in [0.2, 0.25) is 0 Å². The Labute approximate surface area is 108 Å². The number of hydrogen-bond donors (Lipinski definition) is 1. The zero-order chi connectivity index (χ0) is 13.6. The van der Waals surface area contributed by atoms with Crippen molar-refractivity contribution in [1.82, 2.24) is 0 Å². The molecule has 0 aliphatic carbocycles. The van der Waals surface area contributed by atoms with Crippen LogP contribution < -0.4 is 15.4 Å². The number of amides is 1. The first-order valence-corrected chi connectivity index (χ1v) is 6.18. The predicted molar refractivity (Wildman–Crippen MR) is 73.0 cm³/mol. The van der Waals surface area contributed by atoms with Crippen molar-refractivity contribution in [2.75, 3.05) is 17.7 Å². The Morgan fingerprint density at radius 2 is 2.00 bits per heavy atom.